The van der Waals surface area contributed by atoms with Crippen LogP contribution in [0.2, 0.25) is 0 Å². The average molecular weight is 332 g/mol. The minimum Gasteiger partial charge on any atom is -0.298 e. The van der Waals surface area contributed by atoms with Crippen LogP contribution < -0.4 is 5.32 Å². The van der Waals surface area contributed by atoms with Crippen LogP contribution in [0.4, 0.5) is 18.3 Å². The van der Waals surface area contributed by atoms with Crippen LogP contribution in [0, 0.1) is 6.92 Å². The van der Waals surface area contributed by atoms with Gasteiger partial charge in [-0.15, -0.1) is 11.3 Å². The van der Waals surface area contributed by atoms with Crippen LogP contribution in [0.1, 0.15) is 41.7 Å². The first-order valence-corrected chi connectivity index (χ1v) is 7.21. The van der Waals surface area contributed by atoms with E-state index in [1.54, 1.807) is 27.7 Å². The van der Waals surface area contributed by atoms with Crippen molar-refractivity contribution in [2.75, 3.05) is 5.32 Å². The molecule has 0 saturated heterocycles. The summed E-state index contributed by atoms with van der Waals surface area (Å²) >= 11 is 1.18. The van der Waals surface area contributed by atoms with Crippen LogP contribution in [0.5, 0.6) is 0 Å². The molecule has 1 N–H and O–H groups in total. The highest BCUT2D eigenvalue weighted by Gasteiger charge is 2.42. The highest BCUT2D eigenvalue weighted by Crippen LogP contribution is 2.35. The minimum absolute atomic E-state index is 0.249. The standard InChI is InChI=1S/C13H15F3N4OS/c1-7-5-17-11(22-7)19-10(21)8-6-18-20(12(2,3)4)9(8)13(14,15)16/h5-6H,1-4H3,(H,17,19,21). The molecule has 1 amide bonds. The maximum atomic E-state index is 13.3. The number of anilines is 1. The van der Waals surface area contributed by atoms with Crippen molar-refractivity contribution in [3.8, 4) is 0 Å². The summed E-state index contributed by atoms with van der Waals surface area (Å²) in [4.78, 5) is 16.9. The third kappa shape index (κ3) is 3.29. The molecule has 2 rings (SSSR count). The largest absolute Gasteiger partial charge is 0.433 e. The molecule has 2 aromatic rings. The van der Waals surface area contributed by atoms with E-state index in [9.17, 15) is 18.0 Å². The smallest absolute Gasteiger partial charge is 0.298 e. The summed E-state index contributed by atoms with van der Waals surface area (Å²) in [5.41, 5.74) is -2.48. The van der Waals surface area contributed by atoms with E-state index in [0.717, 1.165) is 15.8 Å². The lowest BCUT2D eigenvalue weighted by Gasteiger charge is -2.23. The molecule has 9 heteroatoms. The predicted molar refractivity (Wildman–Crippen MR) is 77.0 cm³/mol. The van der Waals surface area contributed by atoms with Gasteiger partial charge in [0.1, 0.15) is 0 Å². The first-order chi connectivity index (χ1) is 10.00. The van der Waals surface area contributed by atoms with E-state index in [0.29, 0.717) is 0 Å². The zero-order chi connectivity index (χ0) is 16.7. The van der Waals surface area contributed by atoms with E-state index in [4.69, 9.17) is 0 Å². The number of halogens is 3. The number of carbonyl (C=O) groups excluding carboxylic acids is 1. The molecule has 0 fully saturated rings. The van der Waals surface area contributed by atoms with Crippen molar-refractivity contribution in [2.24, 2.45) is 0 Å². The third-order valence-electron chi connectivity index (χ3n) is 2.76. The molecule has 2 heterocycles. The second kappa shape index (κ2) is 5.38. The maximum Gasteiger partial charge on any atom is 0.433 e. The molecule has 120 valence electrons. The van der Waals surface area contributed by atoms with E-state index in [1.165, 1.54) is 17.5 Å². The number of aromatic nitrogens is 3. The number of alkyl halides is 3. The summed E-state index contributed by atoms with van der Waals surface area (Å²) < 4.78 is 40.8. The molecule has 0 aliphatic carbocycles. The van der Waals surface area contributed by atoms with Crippen molar-refractivity contribution in [1.82, 2.24) is 14.8 Å². The molecule has 2 aromatic heterocycles. The first-order valence-electron chi connectivity index (χ1n) is 6.39. The Balaban J connectivity index is 2.43. The van der Waals surface area contributed by atoms with Gasteiger partial charge in [-0.3, -0.25) is 14.8 Å². The van der Waals surface area contributed by atoms with Gasteiger partial charge >= 0.3 is 6.18 Å². The zero-order valence-corrected chi connectivity index (χ0v) is 13.3. The van der Waals surface area contributed by atoms with Crippen LogP contribution in [0.3, 0.4) is 0 Å². The van der Waals surface area contributed by atoms with Crippen molar-refractivity contribution in [3.63, 3.8) is 0 Å². The van der Waals surface area contributed by atoms with Gasteiger partial charge in [-0.25, -0.2) is 4.98 Å². The minimum atomic E-state index is -4.69. The summed E-state index contributed by atoms with van der Waals surface area (Å²) in [5.74, 6) is -0.878. The van der Waals surface area contributed by atoms with E-state index in [-0.39, 0.29) is 5.13 Å². The monoisotopic (exact) mass is 332 g/mol. The molecular weight excluding hydrogens is 317 g/mol. The van der Waals surface area contributed by atoms with Crippen molar-refractivity contribution in [1.29, 1.82) is 0 Å². The molecule has 22 heavy (non-hydrogen) atoms. The number of thiazole rings is 1. The molecule has 5 nitrogen and oxygen atoms in total. The second-order valence-corrected chi connectivity index (χ2v) is 6.95. The Hall–Kier alpha value is -1.90. The Kier molecular flexibility index (Phi) is 4.03. The van der Waals surface area contributed by atoms with Crippen LogP contribution in [-0.2, 0) is 11.7 Å². The van der Waals surface area contributed by atoms with Gasteiger partial charge in [0.15, 0.2) is 10.8 Å². The van der Waals surface area contributed by atoms with Gasteiger partial charge < -0.3 is 0 Å². The van der Waals surface area contributed by atoms with Crippen molar-refractivity contribution in [3.05, 3.63) is 28.5 Å². The Labute approximate surface area is 129 Å². The SMILES string of the molecule is Cc1cnc(NC(=O)c2cnn(C(C)(C)C)c2C(F)(F)F)s1. The fraction of sp³-hybridized carbons (Fsp3) is 0.462. The van der Waals surface area contributed by atoms with Gasteiger partial charge in [-0.1, -0.05) is 0 Å². The predicted octanol–water partition coefficient (Wildman–Crippen LogP) is 3.67. The summed E-state index contributed by atoms with van der Waals surface area (Å²) in [7, 11) is 0. The first kappa shape index (κ1) is 16.5. The number of nitrogens with zero attached hydrogens (tertiary/aromatic N) is 3. The van der Waals surface area contributed by atoms with Crippen molar-refractivity contribution in [2.45, 2.75) is 39.4 Å². The number of carbonyl (C=O) groups is 1. The topological polar surface area (TPSA) is 59.8 Å². The highest BCUT2D eigenvalue weighted by atomic mass is 32.1. The Morgan fingerprint density at radius 1 is 1.27 bits per heavy atom. The normalized spacial score (nSPS) is 12.5. The summed E-state index contributed by atoms with van der Waals surface area (Å²) in [6, 6.07) is 0. The molecule has 0 aliphatic heterocycles. The molecule has 0 saturated carbocycles. The zero-order valence-electron chi connectivity index (χ0n) is 12.4. The van der Waals surface area contributed by atoms with E-state index >= 15 is 0 Å². The van der Waals surface area contributed by atoms with Crippen LogP contribution in [0.25, 0.3) is 0 Å². The maximum absolute atomic E-state index is 13.3. The van der Waals surface area contributed by atoms with Gasteiger partial charge in [0, 0.05) is 11.1 Å². The van der Waals surface area contributed by atoms with Crippen molar-refractivity contribution < 1.29 is 18.0 Å². The fourth-order valence-electron chi connectivity index (χ4n) is 1.87. The lowest BCUT2D eigenvalue weighted by atomic mass is 10.1. The van der Waals surface area contributed by atoms with E-state index in [2.05, 4.69) is 15.4 Å². The number of aryl methyl sites for hydroxylation is 1. The summed E-state index contributed by atoms with van der Waals surface area (Å²) in [5, 5.41) is 6.36. The van der Waals surface area contributed by atoms with Crippen LogP contribution >= 0.6 is 11.3 Å². The van der Waals surface area contributed by atoms with Gasteiger partial charge in [-0.2, -0.15) is 18.3 Å². The van der Waals surface area contributed by atoms with Crippen LogP contribution in [0.15, 0.2) is 12.4 Å². The lowest BCUT2D eigenvalue weighted by molar-refractivity contribution is -0.146. The second-order valence-electron chi connectivity index (χ2n) is 5.72. The number of amides is 1. The molecule has 0 atom stereocenters. The number of hydrogen-bond donors (Lipinski definition) is 1. The molecule has 0 unspecified atom stereocenters. The van der Waals surface area contributed by atoms with E-state index in [1.807, 2.05) is 0 Å². The molecular formula is C13H15F3N4OS. The molecule has 0 radical (unpaired) electrons. The molecule has 0 spiro atoms. The van der Waals surface area contributed by atoms with Gasteiger partial charge in [0.2, 0.25) is 0 Å². The fourth-order valence-corrected chi connectivity index (χ4v) is 2.53. The highest BCUT2D eigenvalue weighted by molar-refractivity contribution is 7.15. The summed E-state index contributed by atoms with van der Waals surface area (Å²) in [6.45, 7) is 6.54. The van der Waals surface area contributed by atoms with Crippen molar-refractivity contribution >= 4 is 22.4 Å². The Bertz CT molecular complexity index is 697. The molecule has 0 aromatic carbocycles. The number of nitrogens with one attached hydrogen (secondary N) is 1. The van der Waals surface area contributed by atoms with Crippen LogP contribution in [-0.4, -0.2) is 20.7 Å². The lowest BCUT2D eigenvalue weighted by Crippen LogP contribution is -2.30. The Morgan fingerprint density at radius 3 is 2.36 bits per heavy atom. The third-order valence-corrected chi connectivity index (χ3v) is 3.59. The summed E-state index contributed by atoms with van der Waals surface area (Å²) in [6.07, 6.45) is -2.22. The van der Waals surface area contributed by atoms with E-state index < -0.39 is 28.9 Å². The number of rotatable bonds is 2. The van der Waals surface area contributed by atoms with Gasteiger partial charge in [0.25, 0.3) is 5.91 Å². The number of hydrogen-bond acceptors (Lipinski definition) is 4. The van der Waals surface area contributed by atoms with Gasteiger partial charge in [-0.05, 0) is 27.7 Å². The van der Waals surface area contributed by atoms with Gasteiger partial charge in [0.05, 0.1) is 17.3 Å². The Morgan fingerprint density at radius 2 is 1.91 bits per heavy atom. The average Bonchev–Trinajstić information content (AvgIpc) is 2.93. The molecule has 0 bridgehead atoms. The molecule has 0 aliphatic rings. The quantitative estimate of drug-likeness (QED) is 0.913.